The number of anilines is 1. The molecule has 1 saturated heterocycles. The van der Waals surface area contributed by atoms with Crippen LogP contribution in [0.3, 0.4) is 0 Å². The van der Waals surface area contributed by atoms with Crippen LogP contribution in [0.25, 0.3) is 0 Å². The van der Waals surface area contributed by atoms with Crippen LogP contribution in [0.5, 0.6) is 0 Å². The molecule has 1 aliphatic rings. The maximum Gasteiger partial charge on any atom is 0.254 e. The van der Waals surface area contributed by atoms with Crippen LogP contribution in [0.2, 0.25) is 0 Å². The summed E-state index contributed by atoms with van der Waals surface area (Å²) in [7, 11) is 1.44. The van der Waals surface area contributed by atoms with E-state index in [-0.39, 0.29) is 17.2 Å². The van der Waals surface area contributed by atoms with Crippen LogP contribution < -0.4 is 5.32 Å². The summed E-state index contributed by atoms with van der Waals surface area (Å²) < 4.78 is 27.4. The number of nitrogens with one attached hydrogen (secondary N) is 1. The molecule has 0 saturated carbocycles. The summed E-state index contributed by atoms with van der Waals surface area (Å²) in [5.41, 5.74) is -0.137. The van der Waals surface area contributed by atoms with Gasteiger partial charge in [-0.25, -0.2) is 8.78 Å². The molecule has 1 heterocycles. The van der Waals surface area contributed by atoms with Crippen molar-refractivity contribution in [3.8, 4) is 0 Å². The molecule has 3 nitrogen and oxygen atoms in total. The Balaban J connectivity index is 2.25. The third-order valence-corrected chi connectivity index (χ3v) is 3.70. The van der Waals surface area contributed by atoms with E-state index in [2.05, 4.69) is 19.2 Å². The second-order valence-electron chi connectivity index (χ2n) is 5.72. The van der Waals surface area contributed by atoms with E-state index in [0.29, 0.717) is 24.9 Å². The molecule has 2 rings (SSSR count). The Hall–Kier alpha value is -1.65. The highest BCUT2D eigenvalue weighted by Crippen LogP contribution is 2.25. The van der Waals surface area contributed by atoms with E-state index in [1.807, 2.05) is 0 Å². The molecule has 0 aliphatic carbocycles. The van der Waals surface area contributed by atoms with Crippen molar-refractivity contribution < 1.29 is 13.6 Å². The van der Waals surface area contributed by atoms with Crippen LogP contribution >= 0.6 is 0 Å². The number of hydrogen-bond donors (Lipinski definition) is 1. The molecular formula is C15H20F2N2O. The number of hydrogen-bond acceptors (Lipinski definition) is 2. The molecule has 1 amide bonds. The zero-order chi connectivity index (χ0) is 14.9. The molecule has 0 aromatic heterocycles. The van der Waals surface area contributed by atoms with Crippen molar-refractivity contribution in [2.24, 2.45) is 11.8 Å². The second-order valence-corrected chi connectivity index (χ2v) is 5.72. The van der Waals surface area contributed by atoms with E-state index in [1.54, 1.807) is 4.90 Å². The van der Waals surface area contributed by atoms with Gasteiger partial charge in [0.25, 0.3) is 5.91 Å². The number of halogens is 2. The highest BCUT2D eigenvalue weighted by atomic mass is 19.1. The van der Waals surface area contributed by atoms with Crippen molar-refractivity contribution in [3.05, 3.63) is 29.3 Å². The van der Waals surface area contributed by atoms with E-state index in [0.717, 1.165) is 18.6 Å². The molecule has 0 bridgehead atoms. The smallest absolute Gasteiger partial charge is 0.254 e. The predicted octanol–water partition coefficient (Wildman–Crippen LogP) is 3.12. The summed E-state index contributed by atoms with van der Waals surface area (Å²) in [6.45, 7) is 5.45. The van der Waals surface area contributed by atoms with Crippen LogP contribution in [0.1, 0.15) is 30.6 Å². The van der Waals surface area contributed by atoms with Crippen LogP contribution in [0, 0.1) is 23.5 Å². The van der Waals surface area contributed by atoms with Gasteiger partial charge < -0.3 is 10.2 Å². The second kappa shape index (κ2) is 5.77. The number of carbonyl (C=O) groups is 1. The number of likely N-dealkylation sites (tertiary alicyclic amines) is 1. The summed E-state index contributed by atoms with van der Waals surface area (Å²) in [6.07, 6.45) is 1.07. The molecule has 0 radical (unpaired) electrons. The van der Waals surface area contributed by atoms with Crippen molar-refractivity contribution in [3.63, 3.8) is 0 Å². The monoisotopic (exact) mass is 282 g/mol. The van der Waals surface area contributed by atoms with Crippen LogP contribution in [0.15, 0.2) is 12.1 Å². The van der Waals surface area contributed by atoms with Crippen LogP contribution in [-0.2, 0) is 0 Å². The first kappa shape index (κ1) is 14.8. The van der Waals surface area contributed by atoms with Crippen LogP contribution in [-0.4, -0.2) is 30.9 Å². The zero-order valence-electron chi connectivity index (χ0n) is 12.0. The maximum atomic E-state index is 13.7. The van der Waals surface area contributed by atoms with Crippen molar-refractivity contribution in [2.75, 3.05) is 25.5 Å². The van der Waals surface area contributed by atoms with E-state index < -0.39 is 11.6 Å². The lowest BCUT2D eigenvalue weighted by atomic mass is 9.91. The lowest BCUT2D eigenvalue weighted by molar-refractivity contribution is 0.0622. The number of rotatable bonds is 2. The molecular weight excluding hydrogens is 262 g/mol. The van der Waals surface area contributed by atoms with E-state index in [1.165, 1.54) is 7.05 Å². The molecule has 1 aromatic rings. The molecule has 5 heteroatoms. The fourth-order valence-corrected chi connectivity index (χ4v) is 2.95. The molecule has 1 aliphatic heterocycles. The Labute approximate surface area is 118 Å². The number of amides is 1. The highest BCUT2D eigenvalue weighted by molar-refractivity contribution is 5.94. The zero-order valence-corrected chi connectivity index (χ0v) is 12.0. The van der Waals surface area contributed by atoms with Gasteiger partial charge >= 0.3 is 0 Å². The molecule has 20 heavy (non-hydrogen) atoms. The molecule has 0 spiro atoms. The number of benzene rings is 1. The molecule has 110 valence electrons. The van der Waals surface area contributed by atoms with Gasteiger partial charge in [0, 0.05) is 25.7 Å². The van der Waals surface area contributed by atoms with Crippen LogP contribution in [0.4, 0.5) is 14.5 Å². The van der Waals surface area contributed by atoms with Gasteiger partial charge in [0.15, 0.2) is 0 Å². The minimum Gasteiger partial charge on any atom is -0.383 e. The first-order chi connectivity index (χ1) is 9.42. The Morgan fingerprint density at radius 1 is 1.20 bits per heavy atom. The third kappa shape index (κ3) is 2.92. The van der Waals surface area contributed by atoms with Gasteiger partial charge in [-0.1, -0.05) is 13.8 Å². The maximum absolute atomic E-state index is 13.7. The normalized spacial score (nSPS) is 22.8. The number of nitrogens with zero attached hydrogens (tertiary/aromatic N) is 1. The van der Waals surface area contributed by atoms with Gasteiger partial charge in [-0.2, -0.15) is 0 Å². The van der Waals surface area contributed by atoms with Gasteiger partial charge in [-0.05, 0) is 30.4 Å². The number of carbonyl (C=O) groups excluding carboxylic acids is 1. The Kier molecular flexibility index (Phi) is 4.26. The summed E-state index contributed by atoms with van der Waals surface area (Å²) in [4.78, 5) is 14.1. The summed E-state index contributed by atoms with van der Waals surface area (Å²) in [5.74, 6) is -0.963. The van der Waals surface area contributed by atoms with E-state index in [4.69, 9.17) is 0 Å². The van der Waals surface area contributed by atoms with Gasteiger partial charge in [0.2, 0.25) is 0 Å². The largest absolute Gasteiger partial charge is 0.383 e. The van der Waals surface area contributed by atoms with Gasteiger partial charge in [0.05, 0.1) is 0 Å². The average Bonchev–Trinajstić information content (AvgIpc) is 2.36. The Bertz CT molecular complexity index is 486. The number of piperidine rings is 1. The molecule has 1 aromatic carbocycles. The highest BCUT2D eigenvalue weighted by Gasteiger charge is 2.27. The lowest BCUT2D eigenvalue weighted by Gasteiger charge is -2.35. The SMILES string of the molecule is CNc1c(F)cc(C(=O)N2CC(C)CC(C)C2)cc1F. The van der Waals surface area contributed by atoms with Crippen molar-refractivity contribution in [2.45, 2.75) is 20.3 Å². The van der Waals surface area contributed by atoms with Crippen molar-refractivity contribution >= 4 is 11.6 Å². The Morgan fingerprint density at radius 2 is 1.70 bits per heavy atom. The van der Waals surface area contributed by atoms with E-state index in [9.17, 15) is 13.6 Å². The summed E-state index contributed by atoms with van der Waals surface area (Å²) >= 11 is 0. The topological polar surface area (TPSA) is 32.3 Å². The molecule has 2 unspecified atom stereocenters. The lowest BCUT2D eigenvalue weighted by Crippen LogP contribution is -2.42. The predicted molar refractivity (Wildman–Crippen MR) is 74.8 cm³/mol. The summed E-state index contributed by atoms with van der Waals surface area (Å²) in [5, 5.41) is 2.45. The molecule has 1 N–H and O–H groups in total. The fourth-order valence-electron chi connectivity index (χ4n) is 2.95. The average molecular weight is 282 g/mol. The van der Waals surface area contributed by atoms with E-state index >= 15 is 0 Å². The van der Waals surface area contributed by atoms with Crippen molar-refractivity contribution in [1.82, 2.24) is 4.90 Å². The molecule has 2 atom stereocenters. The van der Waals surface area contributed by atoms with Gasteiger partial charge in [-0.15, -0.1) is 0 Å². The third-order valence-electron chi connectivity index (χ3n) is 3.70. The van der Waals surface area contributed by atoms with Crippen molar-refractivity contribution in [1.29, 1.82) is 0 Å². The van der Waals surface area contributed by atoms with Gasteiger partial charge in [-0.3, -0.25) is 4.79 Å². The quantitative estimate of drug-likeness (QED) is 0.904. The molecule has 1 fully saturated rings. The van der Waals surface area contributed by atoms with Gasteiger partial charge in [0.1, 0.15) is 17.3 Å². The minimum absolute atomic E-state index is 0.0697. The Morgan fingerprint density at radius 3 is 2.15 bits per heavy atom. The minimum atomic E-state index is -0.742. The first-order valence-corrected chi connectivity index (χ1v) is 6.88. The summed E-state index contributed by atoms with van der Waals surface area (Å²) in [6, 6.07) is 2.20. The fraction of sp³-hybridized carbons (Fsp3) is 0.533. The standard InChI is InChI=1S/C15H20F2N2O/c1-9-4-10(2)8-19(7-9)15(20)11-5-12(16)14(18-3)13(17)6-11/h5-6,9-10,18H,4,7-8H2,1-3H3. The first-order valence-electron chi connectivity index (χ1n) is 6.88.